The van der Waals surface area contributed by atoms with Crippen LogP contribution in [0.15, 0.2) is 54.6 Å². The third-order valence-corrected chi connectivity index (χ3v) is 6.18. The summed E-state index contributed by atoms with van der Waals surface area (Å²) in [5.41, 5.74) is 2.46. The Bertz CT molecular complexity index is 797. The fourth-order valence-electron chi connectivity index (χ4n) is 4.39. The smallest absolute Gasteiger partial charge is 0.226 e. The lowest BCUT2D eigenvalue weighted by molar-refractivity contribution is -0.140. The zero-order valence-electron chi connectivity index (χ0n) is 17.0. The van der Waals surface area contributed by atoms with Crippen molar-refractivity contribution in [1.82, 2.24) is 15.1 Å². The highest BCUT2D eigenvalue weighted by atomic mass is 35.5. The van der Waals surface area contributed by atoms with Gasteiger partial charge in [-0.1, -0.05) is 54.1 Å². The Labute approximate surface area is 196 Å². The van der Waals surface area contributed by atoms with E-state index in [4.69, 9.17) is 11.6 Å². The van der Waals surface area contributed by atoms with Crippen molar-refractivity contribution in [3.8, 4) is 0 Å². The molecule has 0 radical (unpaired) electrons. The number of nitrogens with zero attached hydrogens (tertiary/aromatic N) is 2. The Morgan fingerprint density at radius 3 is 2.43 bits per heavy atom. The van der Waals surface area contributed by atoms with Crippen molar-refractivity contribution in [3.63, 3.8) is 0 Å². The van der Waals surface area contributed by atoms with Crippen molar-refractivity contribution in [2.45, 2.75) is 25.4 Å². The minimum Gasteiger partial charge on any atom is -0.333 e. The number of piperidine rings is 1. The van der Waals surface area contributed by atoms with Crippen LogP contribution in [-0.4, -0.2) is 48.4 Å². The van der Waals surface area contributed by atoms with Gasteiger partial charge in [0.25, 0.3) is 0 Å². The Balaban J connectivity index is 0.00000160. The number of halogens is 3. The number of nitrogens with one attached hydrogen (secondary N) is 1. The van der Waals surface area contributed by atoms with Crippen molar-refractivity contribution >= 4 is 42.3 Å². The van der Waals surface area contributed by atoms with Crippen LogP contribution in [-0.2, 0) is 11.3 Å². The number of hydrogen-bond acceptors (Lipinski definition) is 3. The number of likely N-dealkylation sites (tertiary alicyclic amines) is 1. The van der Waals surface area contributed by atoms with E-state index in [1.165, 1.54) is 5.56 Å². The van der Waals surface area contributed by atoms with Gasteiger partial charge in [-0.25, -0.2) is 0 Å². The highest BCUT2D eigenvalue weighted by molar-refractivity contribution is 6.30. The zero-order valence-corrected chi connectivity index (χ0v) is 19.4. The molecule has 2 saturated heterocycles. The van der Waals surface area contributed by atoms with Gasteiger partial charge in [-0.3, -0.25) is 9.69 Å². The van der Waals surface area contributed by atoms with E-state index in [9.17, 15) is 4.79 Å². The normalized spacial score (nSPS) is 20.2. The predicted octanol–water partition coefficient (Wildman–Crippen LogP) is 4.57. The summed E-state index contributed by atoms with van der Waals surface area (Å²) in [7, 11) is 0. The summed E-state index contributed by atoms with van der Waals surface area (Å²) >= 11 is 6.19. The molecule has 2 aromatic rings. The van der Waals surface area contributed by atoms with Crippen LogP contribution in [0.25, 0.3) is 0 Å². The van der Waals surface area contributed by atoms with E-state index in [2.05, 4.69) is 51.5 Å². The minimum atomic E-state index is 0. The summed E-state index contributed by atoms with van der Waals surface area (Å²) in [5, 5.41) is 4.16. The third-order valence-electron chi connectivity index (χ3n) is 5.95. The van der Waals surface area contributed by atoms with Gasteiger partial charge in [0.2, 0.25) is 5.91 Å². The van der Waals surface area contributed by atoms with Crippen molar-refractivity contribution in [2.24, 2.45) is 5.92 Å². The number of carbonyl (C=O) groups is 1. The molecular weight excluding hydrogens is 441 g/mol. The fourth-order valence-corrected chi connectivity index (χ4v) is 4.59. The van der Waals surface area contributed by atoms with Gasteiger partial charge >= 0.3 is 0 Å². The number of rotatable bonds is 4. The average molecular weight is 471 g/mol. The second kappa shape index (κ2) is 11.9. The van der Waals surface area contributed by atoms with Gasteiger partial charge < -0.3 is 10.2 Å². The summed E-state index contributed by atoms with van der Waals surface area (Å²) in [6.07, 6.45) is 1.88. The molecule has 1 amide bonds. The lowest BCUT2D eigenvalue weighted by Crippen LogP contribution is -2.51. The van der Waals surface area contributed by atoms with E-state index in [1.54, 1.807) is 0 Å². The molecule has 1 N–H and O–H groups in total. The standard InChI is InChI=1S/C23H28ClN3O.2ClH/c24-21-8-4-7-20(15-21)22-16-25-11-14-27(22)23(28)19-9-12-26(13-10-19)17-18-5-2-1-3-6-18;;/h1-8,15,19,22,25H,9-14,16-17H2;2*1H. The van der Waals surface area contributed by atoms with Crippen LogP contribution in [0.1, 0.15) is 30.0 Å². The summed E-state index contributed by atoms with van der Waals surface area (Å²) in [4.78, 5) is 17.9. The number of benzene rings is 2. The number of hydrogen-bond donors (Lipinski definition) is 1. The molecule has 2 aromatic carbocycles. The van der Waals surface area contributed by atoms with Gasteiger partial charge in [0, 0.05) is 37.1 Å². The summed E-state index contributed by atoms with van der Waals surface area (Å²) < 4.78 is 0. The second-order valence-corrected chi connectivity index (χ2v) is 8.28. The van der Waals surface area contributed by atoms with Crippen molar-refractivity contribution in [2.75, 3.05) is 32.7 Å². The van der Waals surface area contributed by atoms with Gasteiger partial charge in [-0.2, -0.15) is 0 Å². The molecule has 4 rings (SSSR count). The lowest BCUT2D eigenvalue weighted by atomic mass is 9.93. The molecule has 0 aromatic heterocycles. The van der Waals surface area contributed by atoms with Crippen LogP contribution in [0.2, 0.25) is 5.02 Å². The minimum absolute atomic E-state index is 0. The van der Waals surface area contributed by atoms with Crippen molar-refractivity contribution < 1.29 is 4.79 Å². The van der Waals surface area contributed by atoms with Gasteiger partial charge in [0.05, 0.1) is 6.04 Å². The molecule has 30 heavy (non-hydrogen) atoms. The Hall–Kier alpha value is -1.30. The van der Waals surface area contributed by atoms with Gasteiger partial charge in [0.1, 0.15) is 0 Å². The summed E-state index contributed by atoms with van der Waals surface area (Å²) in [6.45, 7) is 5.35. The molecule has 1 atom stereocenters. The first-order chi connectivity index (χ1) is 13.7. The predicted molar refractivity (Wildman–Crippen MR) is 128 cm³/mol. The first kappa shape index (κ1) is 25.0. The van der Waals surface area contributed by atoms with Crippen LogP contribution >= 0.6 is 36.4 Å². The molecule has 0 bridgehead atoms. The maximum Gasteiger partial charge on any atom is 0.226 e. The molecule has 2 aliphatic rings. The molecule has 0 aliphatic carbocycles. The van der Waals surface area contributed by atoms with E-state index in [1.807, 2.05) is 18.2 Å². The molecular formula is C23H30Cl3N3O. The van der Waals surface area contributed by atoms with E-state index in [-0.39, 0.29) is 36.8 Å². The Morgan fingerprint density at radius 2 is 1.73 bits per heavy atom. The van der Waals surface area contributed by atoms with E-state index in [0.29, 0.717) is 5.91 Å². The third kappa shape index (κ3) is 6.12. The van der Waals surface area contributed by atoms with Crippen LogP contribution in [0.5, 0.6) is 0 Å². The maximum atomic E-state index is 13.3. The Kier molecular flexibility index (Phi) is 9.92. The summed E-state index contributed by atoms with van der Waals surface area (Å²) in [6, 6.07) is 18.6. The van der Waals surface area contributed by atoms with Gasteiger partial charge in [0.15, 0.2) is 0 Å². The summed E-state index contributed by atoms with van der Waals surface area (Å²) in [5.74, 6) is 0.442. The van der Waals surface area contributed by atoms with Crippen LogP contribution in [0, 0.1) is 5.92 Å². The van der Waals surface area contributed by atoms with E-state index < -0.39 is 0 Å². The maximum absolute atomic E-state index is 13.3. The number of amides is 1. The van der Waals surface area contributed by atoms with Crippen LogP contribution in [0.4, 0.5) is 0 Å². The fraction of sp³-hybridized carbons (Fsp3) is 0.435. The lowest BCUT2D eigenvalue weighted by Gasteiger charge is -2.40. The average Bonchev–Trinajstić information content (AvgIpc) is 2.74. The molecule has 7 heteroatoms. The van der Waals surface area contributed by atoms with E-state index >= 15 is 0 Å². The molecule has 164 valence electrons. The van der Waals surface area contributed by atoms with Gasteiger partial charge in [-0.15, -0.1) is 24.8 Å². The van der Waals surface area contributed by atoms with Crippen LogP contribution < -0.4 is 5.32 Å². The molecule has 2 heterocycles. The van der Waals surface area contributed by atoms with Gasteiger partial charge in [-0.05, 0) is 49.2 Å². The van der Waals surface area contributed by atoms with Crippen LogP contribution in [0.3, 0.4) is 0 Å². The molecule has 2 fully saturated rings. The van der Waals surface area contributed by atoms with Crippen molar-refractivity contribution in [3.05, 3.63) is 70.7 Å². The SMILES string of the molecule is Cl.Cl.O=C(C1CCN(Cc2ccccc2)CC1)N1CCNCC1c1cccc(Cl)c1. The molecule has 1 unspecified atom stereocenters. The molecule has 0 saturated carbocycles. The molecule has 4 nitrogen and oxygen atoms in total. The quantitative estimate of drug-likeness (QED) is 0.711. The zero-order chi connectivity index (χ0) is 19.3. The molecule has 2 aliphatic heterocycles. The second-order valence-electron chi connectivity index (χ2n) is 7.84. The first-order valence-corrected chi connectivity index (χ1v) is 10.6. The largest absolute Gasteiger partial charge is 0.333 e. The topological polar surface area (TPSA) is 35.6 Å². The monoisotopic (exact) mass is 469 g/mol. The number of piperazine rings is 1. The highest BCUT2D eigenvalue weighted by Gasteiger charge is 2.34. The number of carbonyl (C=O) groups excluding carboxylic acids is 1. The Morgan fingerprint density at radius 1 is 1.00 bits per heavy atom. The van der Waals surface area contributed by atoms with Crippen molar-refractivity contribution in [1.29, 1.82) is 0 Å². The highest BCUT2D eigenvalue weighted by Crippen LogP contribution is 2.29. The molecule has 0 spiro atoms. The van der Waals surface area contributed by atoms with E-state index in [0.717, 1.165) is 62.7 Å². The first-order valence-electron chi connectivity index (χ1n) is 10.2.